The molecule has 0 aromatic carbocycles. The van der Waals surface area contributed by atoms with E-state index in [-0.39, 0.29) is 35.3 Å². The molecule has 2 fully saturated rings. The van der Waals surface area contributed by atoms with Crippen molar-refractivity contribution in [2.24, 2.45) is 16.3 Å². The largest absolute Gasteiger partial charge is 0.356 e. The molecule has 2 rings (SSSR count). The van der Waals surface area contributed by atoms with Crippen molar-refractivity contribution in [3.05, 3.63) is 0 Å². The van der Waals surface area contributed by atoms with Crippen LogP contribution in [0.15, 0.2) is 4.99 Å². The fraction of sp³-hybridized carbons (Fsp3) is 0.895. The van der Waals surface area contributed by atoms with Crippen molar-refractivity contribution in [1.82, 2.24) is 20.4 Å². The maximum atomic E-state index is 12.6. The molecule has 1 aliphatic heterocycles. The second kappa shape index (κ2) is 10.7. The number of carbonyl (C=O) groups is 1. The van der Waals surface area contributed by atoms with E-state index >= 15 is 0 Å². The number of hydrogen-bond donors (Lipinski definition) is 2. The van der Waals surface area contributed by atoms with Gasteiger partial charge in [-0.25, -0.2) is 0 Å². The minimum atomic E-state index is 0. The lowest BCUT2D eigenvalue weighted by atomic mass is 9.93. The summed E-state index contributed by atoms with van der Waals surface area (Å²) in [5.74, 6) is 1.49. The molecule has 1 saturated heterocycles. The normalized spacial score (nSPS) is 21.8. The van der Waals surface area contributed by atoms with Crippen molar-refractivity contribution >= 4 is 35.8 Å². The molecule has 1 heterocycles. The van der Waals surface area contributed by atoms with Crippen molar-refractivity contribution < 1.29 is 4.79 Å². The molecule has 26 heavy (non-hydrogen) atoms. The standard InChI is InChI=1S/C19H37N5O.HI/c1-19(2,14-23(4)5)13-21-18(20-3)22-16-10-11-24(12-16)17(25)15-8-6-7-9-15;/h15-16H,6-14H2,1-5H3,(H2,20,21,22);1H. The molecule has 0 radical (unpaired) electrons. The molecule has 0 spiro atoms. The number of aliphatic imine (C=N–C) groups is 1. The predicted octanol–water partition coefficient (Wildman–Crippen LogP) is 2.15. The van der Waals surface area contributed by atoms with E-state index in [1.165, 1.54) is 12.8 Å². The second-order valence-electron chi connectivity index (χ2n) is 8.72. The number of rotatable bonds is 6. The maximum Gasteiger partial charge on any atom is 0.225 e. The van der Waals surface area contributed by atoms with Gasteiger partial charge in [-0.3, -0.25) is 9.79 Å². The zero-order valence-electron chi connectivity index (χ0n) is 17.2. The number of carbonyl (C=O) groups excluding carboxylic acids is 1. The summed E-state index contributed by atoms with van der Waals surface area (Å²) in [4.78, 5) is 21.2. The first-order chi connectivity index (χ1) is 11.8. The van der Waals surface area contributed by atoms with Crippen LogP contribution in [0.3, 0.4) is 0 Å². The molecular weight excluding hydrogens is 441 g/mol. The van der Waals surface area contributed by atoms with Crippen LogP contribution in [0.1, 0.15) is 46.0 Å². The first-order valence-electron chi connectivity index (χ1n) is 9.71. The molecule has 6 nitrogen and oxygen atoms in total. The quantitative estimate of drug-likeness (QED) is 0.348. The number of halogens is 1. The number of likely N-dealkylation sites (tertiary alicyclic amines) is 1. The molecule has 0 aromatic heterocycles. The molecule has 7 heteroatoms. The Kier molecular flexibility index (Phi) is 9.64. The van der Waals surface area contributed by atoms with Gasteiger partial charge >= 0.3 is 0 Å². The molecule has 2 N–H and O–H groups in total. The van der Waals surface area contributed by atoms with Crippen LogP contribution in [0.25, 0.3) is 0 Å². The van der Waals surface area contributed by atoms with Crippen LogP contribution in [0.5, 0.6) is 0 Å². The van der Waals surface area contributed by atoms with E-state index in [2.05, 4.69) is 53.4 Å². The fourth-order valence-corrected chi connectivity index (χ4v) is 4.13. The number of hydrogen-bond acceptors (Lipinski definition) is 3. The van der Waals surface area contributed by atoms with Crippen molar-refractivity contribution in [2.45, 2.75) is 52.0 Å². The van der Waals surface area contributed by atoms with Crippen molar-refractivity contribution in [1.29, 1.82) is 0 Å². The van der Waals surface area contributed by atoms with Gasteiger partial charge in [-0.15, -0.1) is 24.0 Å². The van der Waals surface area contributed by atoms with Gasteiger partial charge in [-0.05, 0) is 38.8 Å². The molecule has 1 amide bonds. The number of amides is 1. The summed E-state index contributed by atoms with van der Waals surface area (Å²) in [6.07, 6.45) is 5.59. The smallest absolute Gasteiger partial charge is 0.225 e. The van der Waals surface area contributed by atoms with E-state index in [0.717, 1.165) is 51.4 Å². The van der Waals surface area contributed by atoms with Gasteiger partial charge in [-0.2, -0.15) is 0 Å². The van der Waals surface area contributed by atoms with E-state index in [0.29, 0.717) is 11.9 Å². The van der Waals surface area contributed by atoms with Crippen LogP contribution in [0.2, 0.25) is 0 Å². The summed E-state index contributed by atoms with van der Waals surface area (Å²) < 4.78 is 0. The van der Waals surface area contributed by atoms with Crippen LogP contribution in [0, 0.1) is 11.3 Å². The highest BCUT2D eigenvalue weighted by molar-refractivity contribution is 14.0. The molecule has 1 saturated carbocycles. The highest BCUT2D eigenvalue weighted by Crippen LogP contribution is 2.27. The van der Waals surface area contributed by atoms with Gasteiger partial charge in [0.05, 0.1) is 0 Å². The first kappa shape index (κ1) is 23.5. The third-order valence-electron chi connectivity index (χ3n) is 5.25. The average molecular weight is 479 g/mol. The molecule has 1 atom stereocenters. The third kappa shape index (κ3) is 7.21. The molecule has 152 valence electrons. The van der Waals surface area contributed by atoms with Crippen LogP contribution in [-0.2, 0) is 4.79 Å². The lowest BCUT2D eigenvalue weighted by molar-refractivity contribution is -0.134. The van der Waals surface area contributed by atoms with Crippen LogP contribution in [0.4, 0.5) is 0 Å². The highest BCUT2D eigenvalue weighted by atomic mass is 127. The van der Waals surface area contributed by atoms with Crippen LogP contribution in [-0.4, -0.2) is 75.0 Å². The molecular formula is C19H38IN5O. The molecule has 1 aliphatic carbocycles. The first-order valence-corrected chi connectivity index (χ1v) is 9.71. The van der Waals surface area contributed by atoms with Crippen molar-refractivity contribution in [2.75, 3.05) is 47.3 Å². The number of guanidine groups is 1. The third-order valence-corrected chi connectivity index (χ3v) is 5.25. The number of nitrogens with zero attached hydrogens (tertiary/aromatic N) is 3. The Morgan fingerprint density at radius 3 is 2.46 bits per heavy atom. The van der Waals surface area contributed by atoms with E-state index < -0.39 is 0 Å². The van der Waals surface area contributed by atoms with Crippen LogP contribution < -0.4 is 10.6 Å². The summed E-state index contributed by atoms with van der Waals surface area (Å²) in [7, 11) is 6.01. The molecule has 0 bridgehead atoms. The van der Waals surface area contributed by atoms with Gasteiger partial charge in [0.1, 0.15) is 0 Å². The Bertz CT molecular complexity index is 475. The minimum absolute atomic E-state index is 0. The second-order valence-corrected chi connectivity index (χ2v) is 8.72. The summed E-state index contributed by atoms with van der Waals surface area (Å²) in [5, 5.41) is 6.95. The van der Waals surface area contributed by atoms with Crippen LogP contribution >= 0.6 is 24.0 Å². The molecule has 0 aromatic rings. The topological polar surface area (TPSA) is 60.0 Å². The summed E-state index contributed by atoms with van der Waals surface area (Å²) in [6.45, 7) is 8.06. The minimum Gasteiger partial charge on any atom is -0.356 e. The maximum absolute atomic E-state index is 12.6. The van der Waals surface area contributed by atoms with Crippen molar-refractivity contribution in [3.8, 4) is 0 Å². The SMILES string of the molecule is CN=C(NCC(C)(C)CN(C)C)NC1CCN(C(=O)C2CCCC2)C1.I. The lowest BCUT2D eigenvalue weighted by Crippen LogP contribution is -2.48. The van der Waals surface area contributed by atoms with Gasteiger partial charge < -0.3 is 20.4 Å². The molecule has 2 aliphatic rings. The monoisotopic (exact) mass is 479 g/mol. The Hall–Kier alpha value is -0.570. The predicted molar refractivity (Wildman–Crippen MR) is 119 cm³/mol. The zero-order chi connectivity index (χ0) is 18.4. The van der Waals surface area contributed by atoms with Gasteiger partial charge in [0, 0.05) is 45.2 Å². The van der Waals surface area contributed by atoms with Gasteiger partial charge in [0.2, 0.25) is 5.91 Å². The Morgan fingerprint density at radius 2 is 1.88 bits per heavy atom. The van der Waals surface area contributed by atoms with E-state index in [9.17, 15) is 4.79 Å². The fourth-order valence-electron chi connectivity index (χ4n) is 4.13. The van der Waals surface area contributed by atoms with E-state index in [4.69, 9.17) is 0 Å². The number of nitrogens with one attached hydrogen (secondary N) is 2. The van der Waals surface area contributed by atoms with Gasteiger partial charge in [-0.1, -0.05) is 26.7 Å². The summed E-state index contributed by atoms with van der Waals surface area (Å²) in [6, 6.07) is 0.300. The zero-order valence-corrected chi connectivity index (χ0v) is 19.5. The average Bonchev–Trinajstić information content (AvgIpc) is 3.21. The lowest BCUT2D eigenvalue weighted by Gasteiger charge is -2.29. The van der Waals surface area contributed by atoms with E-state index in [1.807, 2.05) is 7.05 Å². The van der Waals surface area contributed by atoms with Crippen molar-refractivity contribution in [3.63, 3.8) is 0 Å². The Morgan fingerprint density at radius 1 is 1.23 bits per heavy atom. The Labute approximate surface area is 176 Å². The Balaban J connectivity index is 0.00000338. The highest BCUT2D eigenvalue weighted by Gasteiger charge is 2.32. The molecule has 1 unspecified atom stereocenters. The van der Waals surface area contributed by atoms with Gasteiger partial charge in [0.25, 0.3) is 0 Å². The summed E-state index contributed by atoms with van der Waals surface area (Å²) in [5.41, 5.74) is 0.168. The van der Waals surface area contributed by atoms with Gasteiger partial charge in [0.15, 0.2) is 5.96 Å². The van der Waals surface area contributed by atoms with E-state index in [1.54, 1.807) is 0 Å². The summed E-state index contributed by atoms with van der Waals surface area (Å²) >= 11 is 0.